The Bertz CT molecular complexity index is 4230. The second-order valence-electron chi connectivity index (χ2n) is 19.2. The summed E-state index contributed by atoms with van der Waals surface area (Å²) in [6.07, 6.45) is 0. The molecule has 0 spiro atoms. The minimum Gasteiger partial charge on any atom is -0.456 e. The van der Waals surface area contributed by atoms with Crippen LogP contribution in [0.15, 0.2) is 296 Å². The standard InChI is InChI=1S/C70H48N2OSi/c1-4-20-56(21-5-1)74(57-22-6-2-7-23-57,58-24-8-3-9-25-58)59-45-42-54(43-46-59)71(52-38-34-50(35-39-52)61-29-16-19-49-18-10-11-26-60(49)61)53-40-36-51(37-41-53)62-30-17-32-67-70(62)64-28-12-14-31-66(64)72(67)55-44-47-69-65(48-55)63-27-13-15-33-68(63)73-69/h1-48H. The van der Waals surface area contributed by atoms with E-state index < -0.39 is 8.07 Å². The van der Waals surface area contributed by atoms with Crippen molar-refractivity contribution in [1.29, 1.82) is 0 Å². The second-order valence-corrected chi connectivity index (χ2v) is 23.0. The molecule has 14 aromatic rings. The molecule has 74 heavy (non-hydrogen) atoms. The molecule has 0 aliphatic rings. The molecule has 0 radical (unpaired) electrons. The van der Waals surface area contributed by atoms with Crippen LogP contribution in [0.2, 0.25) is 0 Å². The molecule has 0 fully saturated rings. The number of furan rings is 1. The summed E-state index contributed by atoms with van der Waals surface area (Å²) >= 11 is 0. The summed E-state index contributed by atoms with van der Waals surface area (Å²) in [7, 11) is -2.74. The summed E-state index contributed by atoms with van der Waals surface area (Å²) in [5.74, 6) is 0. The van der Waals surface area contributed by atoms with Gasteiger partial charge in [0.2, 0.25) is 0 Å². The van der Waals surface area contributed by atoms with Crippen molar-refractivity contribution in [2.75, 3.05) is 4.90 Å². The monoisotopic (exact) mass is 960 g/mol. The van der Waals surface area contributed by atoms with E-state index in [4.69, 9.17) is 4.42 Å². The Morgan fingerprint density at radius 1 is 0.311 bits per heavy atom. The van der Waals surface area contributed by atoms with Crippen molar-refractivity contribution < 1.29 is 4.42 Å². The van der Waals surface area contributed by atoms with E-state index in [9.17, 15) is 0 Å². The predicted molar refractivity (Wildman–Crippen MR) is 315 cm³/mol. The molecule has 0 aliphatic heterocycles. The smallest absolute Gasteiger partial charge is 0.179 e. The van der Waals surface area contributed by atoms with Gasteiger partial charge in [-0.25, -0.2) is 0 Å². The third-order valence-electron chi connectivity index (χ3n) is 15.2. The molecular weight excluding hydrogens is 913 g/mol. The van der Waals surface area contributed by atoms with Gasteiger partial charge in [-0.05, 0) is 127 Å². The van der Waals surface area contributed by atoms with Crippen LogP contribution in [0, 0.1) is 0 Å². The maximum atomic E-state index is 6.25. The van der Waals surface area contributed by atoms with Crippen LogP contribution < -0.4 is 25.6 Å². The van der Waals surface area contributed by atoms with E-state index in [1.165, 1.54) is 64.5 Å². The third-order valence-corrected chi connectivity index (χ3v) is 20.0. The fourth-order valence-corrected chi connectivity index (χ4v) is 16.6. The van der Waals surface area contributed by atoms with Crippen LogP contribution in [-0.4, -0.2) is 12.6 Å². The Morgan fingerprint density at radius 3 is 1.42 bits per heavy atom. The van der Waals surface area contributed by atoms with Crippen LogP contribution in [-0.2, 0) is 0 Å². The predicted octanol–water partition coefficient (Wildman–Crippen LogP) is 16.0. The zero-order chi connectivity index (χ0) is 49.0. The molecule has 0 unspecified atom stereocenters. The lowest BCUT2D eigenvalue weighted by atomic mass is 9.98. The number of hydrogen-bond acceptors (Lipinski definition) is 2. The Morgan fingerprint density at radius 2 is 0.770 bits per heavy atom. The van der Waals surface area contributed by atoms with Gasteiger partial charge in [0.1, 0.15) is 11.2 Å². The highest BCUT2D eigenvalue weighted by atomic mass is 28.3. The maximum absolute atomic E-state index is 6.25. The number of anilines is 3. The van der Waals surface area contributed by atoms with Crippen molar-refractivity contribution in [1.82, 2.24) is 4.57 Å². The molecule has 14 rings (SSSR count). The van der Waals surface area contributed by atoms with E-state index in [0.717, 1.165) is 55.8 Å². The topological polar surface area (TPSA) is 21.3 Å². The Labute approximate surface area is 431 Å². The molecule has 0 N–H and O–H groups in total. The van der Waals surface area contributed by atoms with Crippen molar-refractivity contribution in [2.24, 2.45) is 0 Å². The quantitative estimate of drug-likeness (QED) is 0.101. The fourth-order valence-electron chi connectivity index (χ4n) is 11.8. The third kappa shape index (κ3) is 7.10. The number of rotatable bonds is 10. The van der Waals surface area contributed by atoms with Crippen molar-refractivity contribution in [3.63, 3.8) is 0 Å². The van der Waals surface area contributed by atoms with Crippen molar-refractivity contribution >= 4 is 100 Å². The zero-order valence-corrected chi connectivity index (χ0v) is 41.5. The SMILES string of the molecule is c1ccc([Si](c2ccccc2)(c2ccccc2)c2ccc(N(c3ccc(-c4cccc5ccccc45)cc3)c3ccc(-c4cccc5c4c4ccccc4n5-c4ccc5oc6ccccc6c5c4)cc3)cc2)cc1. The van der Waals surface area contributed by atoms with Gasteiger partial charge in [0, 0.05) is 44.3 Å². The largest absolute Gasteiger partial charge is 0.456 e. The van der Waals surface area contributed by atoms with Gasteiger partial charge in [-0.1, -0.05) is 218 Å². The van der Waals surface area contributed by atoms with Crippen molar-refractivity contribution in [3.05, 3.63) is 291 Å². The van der Waals surface area contributed by atoms with E-state index in [2.05, 4.69) is 289 Å². The number of hydrogen-bond donors (Lipinski definition) is 0. The van der Waals surface area contributed by atoms with Gasteiger partial charge in [0.25, 0.3) is 0 Å². The first-order valence-electron chi connectivity index (χ1n) is 25.4. The summed E-state index contributed by atoms with van der Waals surface area (Å²) in [6, 6.07) is 107. The average molecular weight is 961 g/mol. The first-order chi connectivity index (χ1) is 36.7. The lowest BCUT2D eigenvalue weighted by Gasteiger charge is -2.35. The van der Waals surface area contributed by atoms with E-state index in [1.54, 1.807) is 0 Å². The molecule has 4 heteroatoms. The normalized spacial score (nSPS) is 11.8. The lowest BCUT2D eigenvalue weighted by Crippen LogP contribution is -2.74. The Hall–Kier alpha value is -9.48. The van der Waals surface area contributed by atoms with E-state index >= 15 is 0 Å². The van der Waals surface area contributed by atoms with Gasteiger partial charge in [-0.3, -0.25) is 0 Å². The van der Waals surface area contributed by atoms with Gasteiger partial charge < -0.3 is 13.9 Å². The maximum Gasteiger partial charge on any atom is 0.179 e. The summed E-state index contributed by atoms with van der Waals surface area (Å²) in [6.45, 7) is 0. The fraction of sp³-hybridized carbons (Fsp3) is 0. The minimum atomic E-state index is -2.74. The highest BCUT2D eigenvalue weighted by molar-refractivity contribution is 7.19. The number of nitrogens with zero attached hydrogens (tertiary/aromatic N) is 2. The first kappa shape index (κ1) is 43.3. The Balaban J connectivity index is 0.903. The van der Waals surface area contributed by atoms with Crippen molar-refractivity contribution in [3.8, 4) is 27.9 Å². The molecule has 0 bridgehead atoms. The summed E-state index contributed by atoms with van der Waals surface area (Å²) in [4.78, 5) is 2.40. The molecule has 3 nitrogen and oxygen atoms in total. The molecule has 0 saturated heterocycles. The van der Waals surface area contributed by atoms with E-state index in [1.807, 2.05) is 12.1 Å². The van der Waals surface area contributed by atoms with Crippen molar-refractivity contribution in [2.45, 2.75) is 0 Å². The number of para-hydroxylation sites is 2. The van der Waals surface area contributed by atoms with Gasteiger partial charge >= 0.3 is 0 Å². The summed E-state index contributed by atoms with van der Waals surface area (Å²) < 4.78 is 8.66. The molecule has 0 atom stereocenters. The van der Waals surface area contributed by atoms with Crippen LogP contribution in [0.5, 0.6) is 0 Å². The molecule has 0 amide bonds. The van der Waals surface area contributed by atoms with E-state index in [-0.39, 0.29) is 0 Å². The summed E-state index contributed by atoms with van der Waals surface area (Å²) in [5, 5.41) is 12.6. The van der Waals surface area contributed by atoms with Crippen LogP contribution in [0.25, 0.3) is 82.5 Å². The highest BCUT2D eigenvalue weighted by Gasteiger charge is 2.41. The molecular formula is C70H48N2OSi. The van der Waals surface area contributed by atoms with Crippen LogP contribution in [0.4, 0.5) is 17.1 Å². The number of benzene rings is 12. The molecule has 0 aliphatic carbocycles. The van der Waals surface area contributed by atoms with Gasteiger partial charge in [0.05, 0.1) is 11.0 Å². The highest BCUT2D eigenvalue weighted by Crippen LogP contribution is 2.42. The van der Waals surface area contributed by atoms with E-state index in [0.29, 0.717) is 0 Å². The minimum absolute atomic E-state index is 0.892. The Kier molecular flexibility index (Phi) is 10.5. The molecule has 2 heterocycles. The molecule has 348 valence electrons. The van der Waals surface area contributed by atoms with Crippen LogP contribution >= 0.6 is 0 Å². The van der Waals surface area contributed by atoms with Crippen LogP contribution in [0.3, 0.4) is 0 Å². The summed E-state index contributed by atoms with van der Waals surface area (Å²) in [5.41, 5.74) is 13.2. The molecule has 12 aromatic carbocycles. The number of fused-ring (bicyclic) bond motifs is 7. The molecule has 0 saturated carbocycles. The zero-order valence-electron chi connectivity index (χ0n) is 40.5. The van der Waals surface area contributed by atoms with Gasteiger partial charge in [-0.15, -0.1) is 0 Å². The second kappa shape index (κ2) is 18.0. The lowest BCUT2D eigenvalue weighted by molar-refractivity contribution is 0.669. The first-order valence-corrected chi connectivity index (χ1v) is 27.4. The van der Waals surface area contributed by atoms with Gasteiger partial charge in [0.15, 0.2) is 8.07 Å². The number of aromatic nitrogens is 1. The molecule has 2 aromatic heterocycles. The van der Waals surface area contributed by atoms with Crippen LogP contribution in [0.1, 0.15) is 0 Å². The van der Waals surface area contributed by atoms with Gasteiger partial charge in [-0.2, -0.15) is 0 Å². The average Bonchev–Trinajstić information content (AvgIpc) is 4.02.